The van der Waals surface area contributed by atoms with Crippen molar-refractivity contribution in [1.82, 2.24) is 4.57 Å². The van der Waals surface area contributed by atoms with Crippen LogP contribution in [0.15, 0.2) is 72.8 Å². The first kappa shape index (κ1) is 25.4. The summed E-state index contributed by atoms with van der Waals surface area (Å²) >= 11 is 6.31. The van der Waals surface area contributed by atoms with E-state index in [1.54, 1.807) is 0 Å². The number of hydrogen-bond acceptors (Lipinski definition) is 3. The van der Waals surface area contributed by atoms with Gasteiger partial charge in [0.05, 0.1) is 12.2 Å². The molecule has 1 N–H and O–H groups in total. The molecule has 0 aliphatic rings. The highest BCUT2D eigenvalue weighted by molar-refractivity contribution is 6.31. The number of rotatable bonds is 9. The van der Waals surface area contributed by atoms with Gasteiger partial charge in [0.15, 0.2) is 11.9 Å². The monoisotopic (exact) mass is 501 g/mol. The van der Waals surface area contributed by atoms with E-state index in [0.717, 1.165) is 33.3 Å². The van der Waals surface area contributed by atoms with Crippen molar-refractivity contribution in [3.63, 3.8) is 0 Å². The maximum absolute atomic E-state index is 13.5. The van der Waals surface area contributed by atoms with E-state index in [-0.39, 0.29) is 12.4 Å². The zero-order chi connectivity index (χ0) is 25.8. The van der Waals surface area contributed by atoms with Crippen molar-refractivity contribution < 1.29 is 19.4 Å². The molecule has 1 aromatic heterocycles. The molecule has 0 bridgehead atoms. The minimum atomic E-state index is -0.984. The number of carboxylic acid groups (broad SMARTS) is 1. The molecule has 0 radical (unpaired) electrons. The molecule has 4 rings (SSSR count). The average Bonchev–Trinajstić information content (AvgIpc) is 3.13. The molecule has 184 valence electrons. The van der Waals surface area contributed by atoms with Gasteiger partial charge in [0, 0.05) is 33.7 Å². The highest BCUT2D eigenvalue weighted by Gasteiger charge is 2.21. The van der Waals surface area contributed by atoms with E-state index in [2.05, 4.69) is 4.57 Å². The maximum atomic E-state index is 13.5. The van der Waals surface area contributed by atoms with Gasteiger partial charge in [-0.25, -0.2) is 4.79 Å². The van der Waals surface area contributed by atoms with Crippen molar-refractivity contribution in [3.8, 4) is 0 Å². The second-order valence-electron chi connectivity index (χ2n) is 8.87. The molecular weight excluding hydrogens is 474 g/mol. The van der Waals surface area contributed by atoms with Crippen LogP contribution in [0.5, 0.6) is 0 Å². The summed E-state index contributed by atoms with van der Waals surface area (Å²) in [5.41, 5.74) is 6.12. The Hall–Kier alpha value is -3.67. The number of carbonyl (C=O) groups excluding carboxylic acids is 1. The van der Waals surface area contributed by atoms with Gasteiger partial charge in [-0.05, 0) is 56.2 Å². The highest BCUT2D eigenvalue weighted by atomic mass is 35.5. The van der Waals surface area contributed by atoms with Gasteiger partial charge in [0.25, 0.3) is 0 Å². The molecule has 5 nitrogen and oxygen atoms in total. The smallest absolute Gasteiger partial charge is 0.332 e. The van der Waals surface area contributed by atoms with Crippen LogP contribution in [-0.4, -0.2) is 27.5 Å². The zero-order valence-electron chi connectivity index (χ0n) is 20.5. The quantitative estimate of drug-likeness (QED) is 0.255. The fourth-order valence-electron chi connectivity index (χ4n) is 4.20. The summed E-state index contributed by atoms with van der Waals surface area (Å²) in [4.78, 5) is 24.5. The minimum Gasteiger partial charge on any atom is -0.479 e. The third-order valence-electron chi connectivity index (χ3n) is 6.22. The van der Waals surface area contributed by atoms with E-state index in [1.807, 2.05) is 92.7 Å². The molecule has 6 heteroatoms. The number of fused-ring (bicyclic) bond motifs is 1. The molecule has 0 fully saturated rings. The van der Waals surface area contributed by atoms with Crippen LogP contribution in [0, 0.1) is 13.8 Å². The standard InChI is InChI=1S/C30H28ClNO4/c1-19-9-11-24(12-10-19)29(33)28-20(2)32(27-14-13-25(31)17-26(27)28)15-5-8-22-6-4-7-23(16-22)18-36-21(3)30(34)35/h4-14,16-17,21H,15,18H2,1-3H3,(H,34,35)/t21-/m1/s1. The number of benzene rings is 3. The Balaban J connectivity index is 1.60. The van der Waals surface area contributed by atoms with Crippen LogP contribution in [-0.2, 0) is 22.7 Å². The molecule has 0 aliphatic carbocycles. The highest BCUT2D eigenvalue weighted by Crippen LogP contribution is 2.30. The first-order valence-corrected chi connectivity index (χ1v) is 12.1. The van der Waals surface area contributed by atoms with Crippen LogP contribution in [0.1, 0.15) is 45.2 Å². The Kier molecular flexibility index (Phi) is 7.73. The van der Waals surface area contributed by atoms with Crippen molar-refractivity contribution in [2.45, 2.75) is 40.0 Å². The van der Waals surface area contributed by atoms with E-state index in [9.17, 15) is 9.59 Å². The predicted molar refractivity (Wildman–Crippen MR) is 144 cm³/mol. The van der Waals surface area contributed by atoms with E-state index in [1.165, 1.54) is 6.92 Å². The van der Waals surface area contributed by atoms with E-state index >= 15 is 0 Å². The van der Waals surface area contributed by atoms with Crippen LogP contribution in [0.2, 0.25) is 5.02 Å². The lowest BCUT2D eigenvalue weighted by Crippen LogP contribution is -2.19. The fraction of sp³-hybridized carbons (Fsp3) is 0.200. The van der Waals surface area contributed by atoms with Crippen LogP contribution < -0.4 is 0 Å². The Bertz CT molecular complexity index is 1450. The van der Waals surface area contributed by atoms with Crippen LogP contribution in [0.25, 0.3) is 17.0 Å². The molecule has 1 heterocycles. The van der Waals surface area contributed by atoms with Gasteiger partial charge in [0.1, 0.15) is 0 Å². The number of allylic oxidation sites excluding steroid dienone is 1. The SMILES string of the molecule is Cc1ccc(C(=O)c2c(C)n(CC=Cc3cccc(CO[C@H](C)C(=O)O)c3)c3ccc(Cl)cc23)cc1. The van der Waals surface area contributed by atoms with Crippen molar-refractivity contribution in [2.24, 2.45) is 0 Å². The number of aliphatic carboxylic acids is 1. The molecule has 4 aromatic rings. The summed E-state index contributed by atoms with van der Waals surface area (Å²) in [6, 6.07) is 21.0. The molecule has 0 unspecified atom stereocenters. The second-order valence-corrected chi connectivity index (χ2v) is 9.30. The van der Waals surface area contributed by atoms with Crippen LogP contribution in [0.4, 0.5) is 0 Å². The number of ketones is 1. The Morgan fingerprint density at radius 2 is 1.81 bits per heavy atom. The molecule has 0 amide bonds. The first-order chi connectivity index (χ1) is 17.2. The summed E-state index contributed by atoms with van der Waals surface area (Å²) < 4.78 is 7.51. The summed E-state index contributed by atoms with van der Waals surface area (Å²) in [6.07, 6.45) is 3.19. The van der Waals surface area contributed by atoms with Gasteiger partial charge in [-0.3, -0.25) is 4.79 Å². The number of aryl methyl sites for hydroxylation is 1. The molecule has 3 aromatic carbocycles. The first-order valence-electron chi connectivity index (χ1n) is 11.7. The normalized spacial score (nSPS) is 12.3. The fourth-order valence-corrected chi connectivity index (χ4v) is 4.37. The third-order valence-corrected chi connectivity index (χ3v) is 6.46. The lowest BCUT2D eigenvalue weighted by atomic mass is 10.00. The number of hydrogen-bond donors (Lipinski definition) is 1. The molecule has 0 aliphatic heterocycles. The molecule has 1 atom stereocenters. The number of halogens is 1. The summed E-state index contributed by atoms with van der Waals surface area (Å²) in [6.45, 7) is 6.27. The number of carbonyl (C=O) groups is 2. The molecular formula is C30H28ClNO4. The maximum Gasteiger partial charge on any atom is 0.332 e. The van der Waals surface area contributed by atoms with Gasteiger partial charge in [0.2, 0.25) is 0 Å². The molecule has 0 saturated heterocycles. The molecule has 0 spiro atoms. The Labute approximate surface area is 215 Å². The number of nitrogens with zero attached hydrogens (tertiary/aromatic N) is 1. The van der Waals surface area contributed by atoms with Crippen molar-refractivity contribution in [3.05, 3.63) is 111 Å². The lowest BCUT2D eigenvalue weighted by Gasteiger charge is -2.09. The molecule has 0 saturated carbocycles. The van der Waals surface area contributed by atoms with Crippen LogP contribution >= 0.6 is 11.6 Å². The summed E-state index contributed by atoms with van der Waals surface area (Å²) in [5, 5.41) is 10.4. The second kappa shape index (κ2) is 10.9. The van der Waals surface area contributed by atoms with Gasteiger partial charge in [-0.2, -0.15) is 0 Å². The Morgan fingerprint density at radius 3 is 2.53 bits per heavy atom. The molecule has 36 heavy (non-hydrogen) atoms. The van der Waals surface area contributed by atoms with E-state index in [4.69, 9.17) is 21.4 Å². The van der Waals surface area contributed by atoms with Gasteiger partial charge in [-0.1, -0.05) is 71.8 Å². The number of carboxylic acids is 1. The largest absolute Gasteiger partial charge is 0.479 e. The van der Waals surface area contributed by atoms with Crippen LogP contribution in [0.3, 0.4) is 0 Å². The lowest BCUT2D eigenvalue weighted by molar-refractivity contribution is -0.149. The van der Waals surface area contributed by atoms with Gasteiger partial charge >= 0.3 is 5.97 Å². The minimum absolute atomic E-state index is 0.0224. The van der Waals surface area contributed by atoms with Crippen molar-refractivity contribution in [1.29, 1.82) is 0 Å². The topological polar surface area (TPSA) is 68.5 Å². The average molecular weight is 502 g/mol. The van der Waals surface area contributed by atoms with E-state index in [0.29, 0.717) is 22.7 Å². The summed E-state index contributed by atoms with van der Waals surface area (Å²) in [5.74, 6) is -1.01. The summed E-state index contributed by atoms with van der Waals surface area (Å²) in [7, 11) is 0. The van der Waals surface area contributed by atoms with E-state index < -0.39 is 12.1 Å². The van der Waals surface area contributed by atoms with Crippen molar-refractivity contribution >= 4 is 40.3 Å². The van der Waals surface area contributed by atoms with Crippen molar-refractivity contribution in [2.75, 3.05) is 0 Å². The predicted octanol–water partition coefficient (Wildman–Crippen LogP) is 6.85. The van der Waals surface area contributed by atoms with Gasteiger partial charge < -0.3 is 14.4 Å². The van der Waals surface area contributed by atoms with Gasteiger partial charge in [-0.15, -0.1) is 0 Å². The number of aromatic nitrogens is 1. The third kappa shape index (κ3) is 5.59. The number of ether oxygens (including phenoxy) is 1. The zero-order valence-corrected chi connectivity index (χ0v) is 21.3. The Morgan fingerprint density at radius 1 is 1.06 bits per heavy atom.